The maximum Gasteiger partial charge on any atom is 0.323 e. The van der Waals surface area contributed by atoms with Gasteiger partial charge in [-0.05, 0) is 36.4 Å². The third kappa shape index (κ3) is 4.23. The summed E-state index contributed by atoms with van der Waals surface area (Å²) in [6.45, 7) is 0. The fraction of sp³-hybridized carbons (Fsp3) is 0. The third-order valence-electron chi connectivity index (χ3n) is 3.12. The molecule has 4 N–H and O–H groups in total. The molecule has 0 unspecified atom stereocenters. The van der Waals surface area contributed by atoms with Crippen LogP contribution in [-0.2, 0) is 0 Å². The van der Waals surface area contributed by atoms with E-state index >= 15 is 0 Å². The minimum Gasteiger partial charge on any atom is -0.456 e. The van der Waals surface area contributed by atoms with Gasteiger partial charge >= 0.3 is 6.03 Å². The zero-order valence-corrected chi connectivity index (χ0v) is 12.8. The lowest BCUT2D eigenvalue weighted by atomic mass is 10.3. The number of benzene rings is 2. The molecule has 0 radical (unpaired) electrons. The lowest BCUT2D eigenvalue weighted by Crippen LogP contribution is -2.19. The van der Waals surface area contributed by atoms with Crippen molar-refractivity contribution in [2.24, 2.45) is 0 Å². The molecule has 24 heavy (non-hydrogen) atoms. The Bertz CT molecular complexity index is 820. The molecule has 0 aliphatic heterocycles. The second kappa shape index (κ2) is 7.15. The van der Waals surface area contributed by atoms with Crippen molar-refractivity contribution in [1.29, 1.82) is 0 Å². The highest BCUT2D eigenvalue weighted by atomic mass is 16.5. The Balaban J connectivity index is 1.64. The van der Waals surface area contributed by atoms with Crippen molar-refractivity contribution >= 4 is 23.2 Å². The molecule has 120 valence electrons. The van der Waals surface area contributed by atoms with Gasteiger partial charge in [-0.3, -0.25) is 0 Å². The highest BCUT2D eigenvalue weighted by Gasteiger charge is 2.04. The molecule has 6 nitrogen and oxygen atoms in total. The number of amides is 2. The van der Waals surface area contributed by atoms with Crippen molar-refractivity contribution in [3.8, 4) is 11.5 Å². The molecule has 2 aromatic carbocycles. The molecule has 0 aliphatic rings. The molecule has 0 fully saturated rings. The average molecular weight is 320 g/mol. The summed E-state index contributed by atoms with van der Waals surface area (Å²) in [5.74, 6) is 1.57. The van der Waals surface area contributed by atoms with Gasteiger partial charge in [0.1, 0.15) is 17.3 Å². The van der Waals surface area contributed by atoms with Crippen LogP contribution in [-0.4, -0.2) is 11.0 Å². The Kier molecular flexibility index (Phi) is 4.57. The van der Waals surface area contributed by atoms with Gasteiger partial charge in [-0.2, -0.15) is 0 Å². The maximum atomic E-state index is 12.0. The van der Waals surface area contributed by atoms with Crippen LogP contribution in [0, 0.1) is 0 Å². The first-order chi connectivity index (χ1) is 11.7. The van der Waals surface area contributed by atoms with Crippen LogP contribution >= 0.6 is 0 Å². The normalized spacial score (nSPS) is 10.0. The van der Waals surface area contributed by atoms with Crippen molar-refractivity contribution in [2.45, 2.75) is 0 Å². The number of aromatic nitrogens is 1. The van der Waals surface area contributed by atoms with Crippen molar-refractivity contribution in [3.63, 3.8) is 0 Å². The van der Waals surface area contributed by atoms with Gasteiger partial charge in [0.25, 0.3) is 0 Å². The smallest absolute Gasteiger partial charge is 0.323 e. The highest BCUT2D eigenvalue weighted by molar-refractivity contribution is 5.99. The first-order valence-electron chi connectivity index (χ1n) is 7.31. The number of nitrogen functional groups attached to an aromatic ring is 1. The number of ether oxygens (including phenoxy) is 1. The number of pyridine rings is 1. The molecule has 3 aromatic rings. The van der Waals surface area contributed by atoms with Crippen LogP contribution in [0.3, 0.4) is 0 Å². The van der Waals surface area contributed by atoms with E-state index in [1.54, 1.807) is 36.4 Å². The monoisotopic (exact) mass is 320 g/mol. The summed E-state index contributed by atoms with van der Waals surface area (Å²) in [5, 5.41) is 5.51. The summed E-state index contributed by atoms with van der Waals surface area (Å²) in [4.78, 5) is 16.0. The molecule has 0 saturated carbocycles. The summed E-state index contributed by atoms with van der Waals surface area (Å²) >= 11 is 0. The Hall–Kier alpha value is -3.54. The minimum atomic E-state index is -0.326. The number of carbonyl (C=O) groups is 1. The molecule has 0 saturated heterocycles. The van der Waals surface area contributed by atoms with Crippen LogP contribution in [0.4, 0.5) is 22.0 Å². The average Bonchev–Trinajstić information content (AvgIpc) is 2.58. The van der Waals surface area contributed by atoms with E-state index < -0.39 is 0 Å². The van der Waals surface area contributed by atoms with Gasteiger partial charge in [-0.25, -0.2) is 9.78 Å². The molecule has 0 aliphatic carbocycles. The Morgan fingerprint density at radius 2 is 1.62 bits per heavy atom. The second-order valence-corrected chi connectivity index (χ2v) is 4.99. The molecule has 1 aromatic heterocycles. The molecule has 2 amide bonds. The standard InChI is InChI=1S/C18H16N4O2/c19-17-10-9-16(12-20-17)24-15-8-4-7-14(11-15)22-18(23)21-13-5-2-1-3-6-13/h1-12H,(H2,19,20)(H2,21,22,23). The summed E-state index contributed by atoms with van der Waals surface area (Å²) in [7, 11) is 0. The van der Waals surface area contributed by atoms with Crippen LogP contribution in [0.5, 0.6) is 11.5 Å². The summed E-state index contributed by atoms with van der Waals surface area (Å²) < 4.78 is 5.68. The fourth-order valence-corrected chi connectivity index (χ4v) is 2.04. The number of rotatable bonds is 4. The fourth-order valence-electron chi connectivity index (χ4n) is 2.04. The zero-order chi connectivity index (χ0) is 16.8. The topological polar surface area (TPSA) is 89.3 Å². The van der Waals surface area contributed by atoms with Gasteiger partial charge in [0, 0.05) is 17.4 Å². The molecule has 0 atom stereocenters. The number of hydrogen-bond acceptors (Lipinski definition) is 4. The Morgan fingerprint density at radius 1 is 0.875 bits per heavy atom. The van der Waals surface area contributed by atoms with Crippen LogP contribution in [0.1, 0.15) is 0 Å². The predicted molar refractivity (Wildman–Crippen MR) is 94.2 cm³/mol. The van der Waals surface area contributed by atoms with E-state index in [9.17, 15) is 4.79 Å². The molecular weight excluding hydrogens is 304 g/mol. The number of anilines is 3. The SMILES string of the molecule is Nc1ccc(Oc2cccc(NC(=O)Nc3ccccc3)c2)cn1. The number of nitrogens with one attached hydrogen (secondary N) is 2. The van der Waals surface area contributed by atoms with E-state index in [-0.39, 0.29) is 6.03 Å². The van der Waals surface area contributed by atoms with Crippen LogP contribution in [0.2, 0.25) is 0 Å². The zero-order valence-electron chi connectivity index (χ0n) is 12.8. The summed E-state index contributed by atoms with van der Waals surface area (Å²) in [5.41, 5.74) is 6.87. The Labute approximate surface area is 139 Å². The van der Waals surface area contributed by atoms with Crippen molar-refractivity contribution in [1.82, 2.24) is 4.98 Å². The Morgan fingerprint density at radius 3 is 2.38 bits per heavy atom. The lowest BCUT2D eigenvalue weighted by molar-refractivity contribution is 0.262. The van der Waals surface area contributed by atoms with Crippen LogP contribution in [0.15, 0.2) is 72.9 Å². The predicted octanol–water partition coefficient (Wildman–Crippen LogP) is 4.10. The first kappa shape index (κ1) is 15.4. The first-order valence-corrected chi connectivity index (χ1v) is 7.31. The number of nitrogens with zero attached hydrogens (tertiary/aromatic N) is 1. The van der Waals surface area contributed by atoms with E-state index in [2.05, 4.69) is 15.6 Å². The summed E-state index contributed by atoms with van der Waals surface area (Å²) in [6.07, 6.45) is 1.54. The third-order valence-corrected chi connectivity index (χ3v) is 3.12. The van der Waals surface area contributed by atoms with Crippen molar-refractivity contribution in [3.05, 3.63) is 72.9 Å². The molecule has 1 heterocycles. The van der Waals surface area contributed by atoms with Gasteiger partial charge in [-0.15, -0.1) is 0 Å². The van der Waals surface area contributed by atoms with E-state index in [1.165, 1.54) is 6.20 Å². The van der Waals surface area contributed by atoms with Crippen molar-refractivity contribution in [2.75, 3.05) is 16.4 Å². The minimum absolute atomic E-state index is 0.326. The molecule has 0 spiro atoms. The van der Waals surface area contributed by atoms with E-state index in [4.69, 9.17) is 10.5 Å². The molecule has 6 heteroatoms. The lowest BCUT2D eigenvalue weighted by Gasteiger charge is -2.10. The van der Waals surface area contributed by atoms with Gasteiger partial charge in [-0.1, -0.05) is 24.3 Å². The van der Waals surface area contributed by atoms with E-state index in [0.717, 1.165) is 5.69 Å². The van der Waals surface area contributed by atoms with Gasteiger partial charge in [0.2, 0.25) is 0 Å². The number of carbonyl (C=O) groups excluding carboxylic acids is 1. The number of hydrogen-bond donors (Lipinski definition) is 3. The van der Waals surface area contributed by atoms with Crippen molar-refractivity contribution < 1.29 is 9.53 Å². The molecule has 3 rings (SSSR count). The van der Waals surface area contributed by atoms with E-state index in [1.807, 2.05) is 30.3 Å². The maximum absolute atomic E-state index is 12.0. The van der Waals surface area contributed by atoms with Gasteiger partial charge in [0.05, 0.1) is 6.20 Å². The number of urea groups is 1. The van der Waals surface area contributed by atoms with Crippen LogP contribution in [0.25, 0.3) is 0 Å². The van der Waals surface area contributed by atoms with Crippen LogP contribution < -0.4 is 21.1 Å². The van der Waals surface area contributed by atoms with E-state index in [0.29, 0.717) is 23.0 Å². The largest absolute Gasteiger partial charge is 0.456 e. The quantitative estimate of drug-likeness (QED) is 0.675. The van der Waals surface area contributed by atoms with Gasteiger partial charge < -0.3 is 21.1 Å². The number of nitrogens with two attached hydrogens (primary N) is 1. The summed E-state index contributed by atoms with van der Waals surface area (Å²) in [6, 6.07) is 19.3. The van der Waals surface area contributed by atoms with Gasteiger partial charge in [0.15, 0.2) is 0 Å². The molecule has 0 bridgehead atoms. The second-order valence-electron chi connectivity index (χ2n) is 4.99. The highest BCUT2D eigenvalue weighted by Crippen LogP contribution is 2.24. The number of para-hydroxylation sites is 1. The molecular formula is C18H16N4O2.